The first-order valence-corrected chi connectivity index (χ1v) is 7.96. The number of H-pyrrole nitrogens is 1. The van der Waals surface area contributed by atoms with E-state index in [0.717, 1.165) is 24.8 Å². The molecule has 0 saturated heterocycles. The number of nitrogens with one attached hydrogen (secondary N) is 2. The third kappa shape index (κ3) is 3.23. The van der Waals surface area contributed by atoms with Crippen molar-refractivity contribution in [2.45, 2.75) is 37.6 Å². The predicted octanol–water partition coefficient (Wildman–Crippen LogP) is 2.06. The van der Waals surface area contributed by atoms with Gasteiger partial charge in [0.05, 0.1) is 11.6 Å². The SMILES string of the molecule is N#CC1(NC(=O)COC(=O)c2n[nH]c3ccccc23)CCCCC1. The van der Waals surface area contributed by atoms with Crippen LogP contribution in [0.15, 0.2) is 24.3 Å². The normalized spacial score (nSPS) is 16.3. The molecule has 2 N–H and O–H groups in total. The number of ether oxygens (including phenoxy) is 1. The predicted molar refractivity (Wildman–Crippen MR) is 85.9 cm³/mol. The van der Waals surface area contributed by atoms with Gasteiger partial charge in [-0.05, 0) is 18.9 Å². The highest BCUT2D eigenvalue weighted by Gasteiger charge is 2.33. The van der Waals surface area contributed by atoms with Gasteiger partial charge in [0.1, 0.15) is 5.54 Å². The Hall–Kier alpha value is -2.88. The van der Waals surface area contributed by atoms with E-state index in [-0.39, 0.29) is 5.69 Å². The van der Waals surface area contributed by atoms with Crippen LogP contribution in [-0.4, -0.2) is 34.2 Å². The highest BCUT2D eigenvalue weighted by atomic mass is 16.5. The summed E-state index contributed by atoms with van der Waals surface area (Å²) in [4.78, 5) is 24.2. The lowest BCUT2D eigenvalue weighted by molar-refractivity contribution is -0.125. The molecule has 1 aliphatic carbocycles. The van der Waals surface area contributed by atoms with Crippen molar-refractivity contribution in [1.29, 1.82) is 5.26 Å². The molecule has 0 bridgehead atoms. The lowest BCUT2D eigenvalue weighted by atomic mass is 9.83. The standard InChI is InChI=1S/C17H18N4O3/c18-11-17(8-4-1-5-9-17)19-14(22)10-24-16(23)15-12-6-2-3-7-13(12)20-21-15/h2-3,6-7H,1,4-5,8-10H2,(H,19,22)(H,20,21). The van der Waals surface area contributed by atoms with Crippen molar-refractivity contribution in [1.82, 2.24) is 15.5 Å². The number of hydrogen-bond donors (Lipinski definition) is 2. The van der Waals surface area contributed by atoms with Gasteiger partial charge in [0.15, 0.2) is 12.3 Å². The van der Waals surface area contributed by atoms with Crippen LogP contribution in [0, 0.1) is 11.3 Å². The van der Waals surface area contributed by atoms with Crippen molar-refractivity contribution in [3.05, 3.63) is 30.0 Å². The van der Waals surface area contributed by atoms with Gasteiger partial charge in [-0.15, -0.1) is 0 Å². The Labute approximate surface area is 139 Å². The van der Waals surface area contributed by atoms with Crippen LogP contribution in [0.4, 0.5) is 0 Å². The van der Waals surface area contributed by atoms with E-state index in [9.17, 15) is 14.9 Å². The topological polar surface area (TPSA) is 108 Å². The molecule has 1 aromatic carbocycles. The summed E-state index contributed by atoms with van der Waals surface area (Å²) in [6.45, 7) is -0.427. The van der Waals surface area contributed by atoms with Gasteiger partial charge in [-0.25, -0.2) is 4.79 Å². The molecule has 124 valence electrons. The van der Waals surface area contributed by atoms with E-state index in [1.165, 1.54) is 0 Å². The minimum atomic E-state index is -0.833. The second-order valence-corrected chi connectivity index (χ2v) is 6.00. The van der Waals surface area contributed by atoms with Gasteiger partial charge < -0.3 is 10.1 Å². The number of benzene rings is 1. The Morgan fingerprint density at radius 3 is 2.79 bits per heavy atom. The van der Waals surface area contributed by atoms with Gasteiger partial charge in [-0.3, -0.25) is 9.89 Å². The Morgan fingerprint density at radius 1 is 1.29 bits per heavy atom. The summed E-state index contributed by atoms with van der Waals surface area (Å²) in [5.41, 5.74) is 0.0337. The maximum atomic E-state index is 12.1. The summed E-state index contributed by atoms with van der Waals surface area (Å²) in [5.74, 6) is -1.14. The van der Waals surface area contributed by atoms with Crippen LogP contribution in [0.3, 0.4) is 0 Å². The zero-order chi connectivity index (χ0) is 17.0. The van der Waals surface area contributed by atoms with Crippen molar-refractivity contribution < 1.29 is 14.3 Å². The second-order valence-electron chi connectivity index (χ2n) is 6.00. The van der Waals surface area contributed by atoms with Crippen LogP contribution < -0.4 is 5.32 Å². The minimum absolute atomic E-state index is 0.145. The van der Waals surface area contributed by atoms with Crippen molar-refractivity contribution in [2.75, 3.05) is 6.61 Å². The summed E-state index contributed by atoms with van der Waals surface area (Å²) >= 11 is 0. The average molecular weight is 326 g/mol. The molecule has 0 spiro atoms. The number of nitriles is 1. The summed E-state index contributed by atoms with van der Waals surface area (Å²) in [6.07, 6.45) is 4.15. The molecule has 7 heteroatoms. The van der Waals surface area contributed by atoms with E-state index in [4.69, 9.17) is 4.74 Å². The molecule has 1 aromatic heterocycles. The largest absolute Gasteiger partial charge is 0.451 e. The Kier molecular flexibility index (Phi) is 4.47. The monoisotopic (exact) mass is 326 g/mol. The molecule has 1 heterocycles. The first-order valence-electron chi connectivity index (χ1n) is 7.96. The molecule has 1 saturated carbocycles. The molecule has 2 aromatic rings. The van der Waals surface area contributed by atoms with E-state index in [1.807, 2.05) is 6.07 Å². The van der Waals surface area contributed by atoms with Gasteiger partial charge in [-0.1, -0.05) is 37.5 Å². The van der Waals surface area contributed by atoms with Gasteiger partial charge in [-0.2, -0.15) is 10.4 Å². The Bertz CT molecular complexity index is 800. The molecule has 0 unspecified atom stereocenters. The molecular weight excluding hydrogens is 308 g/mol. The van der Waals surface area contributed by atoms with Gasteiger partial charge in [0.25, 0.3) is 5.91 Å². The van der Waals surface area contributed by atoms with Gasteiger partial charge in [0.2, 0.25) is 0 Å². The molecule has 1 amide bonds. The Morgan fingerprint density at radius 2 is 2.04 bits per heavy atom. The Balaban J connectivity index is 1.60. The molecule has 0 radical (unpaired) electrons. The molecule has 0 aliphatic heterocycles. The molecule has 1 aliphatic rings. The fraction of sp³-hybridized carbons (Fsp3) is 0.412. The van der Waals surface area contributed by atoms with Crippen LogP contribution in [0.25, 0.3) is 10.9 Å². The van der Waals surface area contributed by atoms with E-state index >= 15 is 0 Å². The summed E-state index contributed by atoms with van der Waals surface area (Å²) in [5, 5.41) is 19.4. The number of aromatic nitrogens is 2. The zero-order valence-corrected chi connectivity index (χ0v) is 13.2. The van der Waals surface area contributed by atoms with Crippen molar-refractivity contribution in [3.63, 3.8) is 0 Å². The molecule has 24 heavy (non-hydrogen) atoms. The molecule has 7 nitrogen and oxygen atoms in total. The smallest absolute Gasteiger partial charge is 0.359 e. The third-order valence-electron chi connectivity index (χ3n) is 4.30. The number of esters is 1. The fourth-order valence-corrected chi connectivity index (χ4v) is 3.04. The first-order chi connectivity index (χ1) is 11.6. The highest BCUT2D eigenvalue weighted by Crippen LogP contribution is 2.27. The first kappa shape index (κ1) is 16.0. The number of aromatic amines is 1. The minimum Gasteiger partial charge on any atom is -0.451 e. The van der Waals surface area contributed by atoms with E-state index in [2.05, 4.69) is 21.6 Å². The average Bonchev–Trinajstić information content (AvgIpc) is 3.04. The summed E-state index contributed by atoms with van der Waals surface area (Å²) in [6, 6.07) is 9.37. The summed E-state index contributed by atoms with van der Waals surface area (Å²) in [7, 11) is 0. The van der Waals surface area contributed by atoms with Crippen LogP contribution in [0.5, 0.6) is 0 Å². The highest BCUT2D eigenvalue weighted by molar-refractivity contribution is 6.02. The molecular formula is C17H18N4O3. The lowest BCUT2D eigenvalue weighted by Crippen LogP contribution is -2.50. The third-order valence-corrected chi connectivity index (χ3v) is 4.30. The van der Waals surface area contributed by atoms with Crippen LogP contribution in [0.2, 0.25) is 0 Å². The second kappa shape index (κ2) is 6.71. The molecule has 3 rings (SSSR count). The van der Waals surface area contributed by atoms with E-state index in [1.54, 1.807) is 18.2 Å². The molecule has 1 fully saturated rings. The number of fused-ring (bicyclic) bond motifs is 1. The van der Waals surface area contributed by atoms with Crippen LogP contribution in [-0.2, 0) is 9.53 Å². The number of amides is 1. The van der Waals surface area contributed by atoms with Crippen molar-refractivity contribution >= 4 is 22.8 Å². The van der Waals surface area contributed by atoms with Crippen molar-refractivity contribution in [2.24, 2.45) is 0 Å². The number of rotatable bonds is 4. The maximum Gasteiger partial charge on any atom is 0.359 e. The van der Waals surface area contributed by atoms with Crippen LogP contribution >= 0.6 is 0 Å². The van der Waals surface area contributed by atoms with E-state index in [0.29, 0.717) is 18.2 Å². The summed E-state index contributed by atoms with van der Waals surface area (Å²) < 4.78 is 5.04. The number of carbonyl (C=O) groups excluding carboxylic acids is 2. The van der Waals surface area contributed by atoms with E-state index < -0.39 is 24.0 Å². The number of para-hydroxylation sites is 1. The number of hydrogen-bond acceptors (Lipinski definition) is 5. The maximum absolute atomic E-state index is 12.1. The molecule has 0 atom stereocenters. The van der Waals surface area contributed by atoms with Gasteiger partial charge in [0, 0.05) is 5.39 Å². The number of carbonyl (C=O) groups is 2. The van der Waals surface area contributed by atoms with Gasteiger partial charge >= 0.3 is 5.97 Å². The lowest BCUT2D eigenvalue weighted by Gasteiger charge is -2.31. The number of nitrogens with zero attached hydrogens (tertiary/aromatic N) is 2. The quantitative estimate of drug-likeness (QED) is 0.836. The zero-order valence-electron chi connectivity index (χ0n) is 13.2. The van der Waals surface area contributed by atoms with Crippen molar-refractivity contribution in [3.8, 4) is 6.07 Å². The fourth-order valence-electron chi connectivity index (χ4n) is 3.04. The van der Waals surface area contributed by atoms with Crippen LogP contribution in [0.1, 0.15) is 42.6 Å².